The fraction of sp³-hybridized carbons (Fsp3) is 0.381. The first-order valence-corrected chi connectivity index (χ1v) is 10.7. The van der Waals surface area contributed by atoms with E-state index in [1.54, 1.807) is 17.5 Å². The van der Waals surface area contributed by atoms with Gasteiger partial charge in [0.15, 0.2) is 0 Å². The van der Waals surface area contributed by atoms with Crippen LogP contribution in [0.25, 0.3) is 10.7 Å². The summed E-state index contributed by atoms with van der Waals surface area (Å²) < 4.78 is 0. The molecule has 0 bridgehead atoms. The third-order valence-electron chi connectivity index (χ3n) is 5.00. The molecule has 0 aliphatic carbocycles. The molecule has 3 aromatic heterocycles. The van der Waals surface area contributed by atoms with Crippen molar-refractivity contribution >= 4 is 23.2 Å². The number of pyridine rings is 1. The normalized spacial score (nSPS) is 14.8. The van der Waals surface area contributed by atoms with Gasteiger partial charge in [-0.05, 0) is 44.9 Å². The molecule has 0 radical (unpaired) electrons. The molecule has 1 N–H and O–H groups in total. The largest absolute Gasteiger partial charge is 0.350 e. The Labute approximate surface area is 174 Å². The summed E-state index contributed by atoms with van der Waals surface area (Å²) >= 11 is 1.54. The first-order chi connectivity index (χ1) is 14.1. The fourth-order valence-electron chi connectivity index (χ4n) is 3.51. The predicted octanol–water partition coefficient (Wildman–Crippen LogP) is 3.14. The van der Waals surface area contributed by atoms with E-state index in [4.69, 9.17) is 0 Å². The van der Waals surface area contributed by atoms with Gasteiger partial charge in [0.25, 0.3) is 0 Å². The maximum absolute atomic E-state index is 12.6. The maximum Gasteiger partial charge on any atom is 0.225 e. The zero-order chi connectivity index (χ0) is 20.2. The Bertz CT molecular complexity index is 962. The number of carbonyl (C=O) groups is 1. The number of nitrogens with zero attached hydrogens (tertiary/aromatic N) is 5. The Balaban J connectivity index is 1.29. The molecule has 0 aromatic carbocycles. The Kier molecular flexibility index (Phi) is 5.80. The lowest BCUT2D eigenvalue weighted by Gasteiger charge is -2.31. The minimum atomic E-state index is 0.0195. The van der Waals surface area contributed by atoms with Gasteiger partial charge in [-0.3, -0.25) is 9.78 Å². The quantitative estimate of drug-likeness (QED) is 0.698. The van der Waals surface area contributed by atoms with Crippen LogP contribution in [0.2, 0.25) is 0 Å². The van der Waals surface area contributed by atoms with E-state index in [0.717, 1.165) is 59.7 Å². The monoisotopic (exact) mass is 408 g/mol. The van der Waals surface area contributed by atoms with Crippen molar-refractivity contribution in [2.45, 2.75) is 33.2 Å². The number of aryl methyl sites for hydroxylation is 2. The number of hydrogen-bond donors (Lipinski definition) is 1. The SMILES string of the molecule is Cc1cc(C)nc(N2CCC(C(=O)NCc3csc(-c4ccccn4)n3)CC2)n1. The zero-order valence-corrected chi connectivity index (χ0v) is 17.4. The summed E-state index contributed by atoms with van der Waals surface area (Å²) in [7, 11) is 0. The molecule has 29 heavy (non-hydrogen) atoms. The summed E-state index contributed by atoms with van der Waals surface area (Å²) in [5.41, 5.74) is 3.67. The molecule has 7 nitrogen and oxygen atoms in total. The molecule has 0 atom stereocenters. The van der Waals surface area contributed by atoms with E-state index in [-0.39, 0.29) is 11.8 Å². The third kappa shape index (κ3) is 4.76. The second-order valence-corrected chi connectivity index (χ2v) is 8.15. The van der Waals surface area contributed by atoms with Crippen molar-refractivity contribution in [2.75, 3.05) is 18.0 Å². The summed E-state index contributed by atoms with van der Waals surface area (Å²) in [6, 6.07) is 7.74. The van der Waals surface area contributed by atoms with Gasteiger partial charge in [0.1, 0.15) is 5.01 Å². The van der Waals surface area contributed by atoms with E-state index in [1.807, 2.05) is 43.5 Å². The van der Waals surface area contributed by atoms with Gasteiger partial charge < -0.3 is 10.2 Å². The van der Waals surface area contributed by atoms with E-state index in [1.165, 1.54) is 0 Å². The predicted molar refractivity (Wildman–Crippen MR) is 114 cm³/mol. The fourth-order valence-corrected chi connectivity index (χ4v) is 4.30. The van der Waals surface area contributed by atoms with Crippen molar-refractivity contribution in [3.05, 3.63) is 52.9 Å². The van der Waals surface area contributed by atoms with Crippen molar-refractivity contribution in [1.82, 2.24) is 25.3 Å². The molecular formula is C21H24N6OS. The number of piperidine rings is 1. The molecule has 0 saturated carbocycles. The average Bonchev–Trinajstić information content (AvgIpc) is 3.21. The highest BCUT2D eigenvalue weighted by molar-refractivity contribution is 7.13. The van der Waals surface area contributed by atoms with Crippen molar-refractivity contribution < 1.29 is 4.79 Å². The van der Waals surface area contributed by atoms with Gasteiger partial charge in [-0.25, -0.2) is 15.0 Å². The average molecular weight is 409 g/mol. The van der Waals surface area contributed by atoms with Crippen LogP contribution in [0.5, 0.6) is 0 Å². The number of anilines is 1. The molecule has 1 saturated heterocycles. The maximum atomic E-state index is 12.6. The lowest BCUT2D eigenvalue weighted by atomic mass is 9.96. The Morgan fingerprint density at radius 2 is 1.93 bits per heavy atom. The Morgan fingerprint density at radius 1 is 1.17 bits per heavy atom. The molecule has 4 rings (SSSR count). The van der Waals surface area contributed by atoms with Crippen LogP contribution in [-0.4, -0.2) is 38.9 Å². The van der Waals surface area contributed by atoms with Gasteiger partial charge >= 0.3 is 0 Å². The second kappa shape index (κ2) is 8.65. The smallest absolute Gasteiger partial charge is 0.225 e. The molecule has 0 unspecified atom stereocenters. The van der Waals surface area contributed by atoms with Crippen LogP contribution in [0.15, 0.2) is 35.8 Å². The van der Waals surface area contributed by atoms with Crippen LogP contribution in [0.3, 0.4) is 0 Å². The molecule has 8 heteroatoms. The van der Waals surface area contributed by atoms with Crippen molar-refractivity contribution in [3.63, 3.8) is 0 Å². The van der Waals surface area contributed by atoms with Crippen LogP contribution in [0, 0.1) is 19.8 Å². The van der Waals surface area contributed by atoms with Crippen molar-refractivity contribution in [1.29, 1.82) is 0 Å². The molecule has 150 valence electrons. The van der Waals surface area contributed by atoms with Crippen LogP contribution in [-0.2, 0) is 11.3 Å². The summed E-state index contributed by atoms with van der Waals surface area (Å²) in [5.74, 6) is 0.885. The molecule has 4 heterocycles. The van der Waals surface area contributed by atoms with Crippen LogP contribution in [0.1, 0.15) is 29.9 Å². The first-order valence-electron chi connectivity index (χ1n) is 9.79. The Hall–Kier alpha value is -2.87. The Morgan fingerprint density at radius 3 is 2.62 bits per heavy atom. The minimum absolute atomic E-state index is 0.0195. The van der Waals surface area contributed by atoms with E-state index in [0.29, 0.717) is 6.54 Å². The third-order valence-corrected chi connectivity index (χ3v) is 5.91. The number of thiazole rings is 1. The summed E-state index contributed by atoms with van der Waals surface area (Å²) in [5, 5.41) is 5.89. The van der Waals surface area contributed by atoms with E-state index in [2.05, 4.69) is 30.2 Å². The highest BCUT2D eigenvalue weighted by Gasteiger charge is 2.26. The van der Waals surface area contributed by atoms with Gasteiger partial charge in [-0.15, -0.1) is 11.3 Å². The van der Waals surface area contributed by atoms with Crippen molar-refractivity contribution in [3.8, 4) is 10.7 Å². The van der Waals surface area contributed by atoms with E-state index in [9.17, 15) is 4.79 Å². The molecule has 1 fully saturated rings. The standard InChI is InChI=1S/C21H24N6OS/c1-14-11-15(2)25-21(24-14)27-9-6-16(7-10-27)19(28)23-12-17-13-29-20(26-17)18-5-3-4-8-22-18/h3-5,8,11,13,16H,6-7,9-10,12H2,1-2H3,(H,23,28). The number of nitrogens with one attached hydrogen (secondary N) is 1. The lowest BCUT2D eigenvalue weighted by molar-refractivity contribution is -0.125. The van der Waals surface area contributed by atoms with Gasteiger partial charge in [0, 0.05) is 42.0 Å². The molecule has 1 aliphatic heterocycles. The number of amides is 1. The van der Waals surface area contributed by atoms with Crippen LogP contribution in [0.4, 0.5) is 5.95 Å². The molecule has 3 aromatic rings. The highest BCUT2D eigenvalue weighted by atomic mass is 32.1. The molecule has 0 spiro atoms. The van der Waals surface area contributed by atoms with Gasteiger partial charge in [-0.1, -0.05) is 6.07 Å². The topological polar surface area (TPSA) is 83.9 Å². The van der Waals surface area contributed by atoms with E-state index >= 15 is 0 Å². The summed E-state index contributed by atoms with van der Waals surface area (Å²) in [6.45, 7) is 6.00. The summed E-state index contributed by atoms with van der Waals surface area (Å²) in [6.07, 6.45) is 3.37. The first kappa shape index (κ1) is 19.4. The molecule has 1 aliphatic rings. The molecular weight excluding hydrogens is 384 g/mol. The number of hydrogen-bond acceptors (Lipinski definition) is 7. The number of rotatable bonds is 5. The molecule has 1 amide bonds. The van der Waals surface area contributed by atoms with Crippen molar-refractivity contribution in [2.24, 2.45) is 5.92 Å². The van der Waals surface area contributed by atoms with Gasteiger partial charge in [0.2, 0.25) is 11.9 Å². The number of carbonyl (C=O) groups excluding carboxylic acids is 1. The second-order valence-electron chi connectivity index (χ2n) is 7.29. The zero-order valence-electron chi connectivity index (χ0n) is 16.6. The van der Waals surface area contributed by atoms with E-state index < -0.39 is 0 Å². The number of aromatic nitrogens is 4. The lowest BCUT2D eigenvalue weighted by Crippen LogP contribution is -2.41. The highest BCUT2D eigenvalue weighted by Crippen LogP contribution is 2.23. The van der Waals surface area contributed by atoms with Gasteiger partial charge in [0.05, 0.1) is 17.9 Å². The van der Waals surface area contributed by atoms with Crippen LogP contribution >= 0.6 is 11.3 Å². The minimum Gasteiger partial charge on any atom is -0.350 e. The van der Waals surface area contributed by atoms with Gasteiger partial charge in [-0.2, -0.15) is 0 Å². The summed E-state index contributed by atoms with van der Waals surface area (Å²) in [4.78, 5) is 32.7. The van der Waals surface area contributed by atoms with Crippen LogP contribution < -0.4 is 10.2 Å².